The van der Waals surface area contributed by atoms with Crippen molar-refractivity contribution >= 4 is 25.7 Å². The standard InChI is InChI=1S/C50H90NO10P/c1-3-5-7-9-11-13-15-17-19-21-23-25-27-29-31-33-35-37-39-41-48(53)51-47(50(55)56)45-61-62(57,58)60-44-46(52)43-59-49(54)42-40-38-36-34-32-30-28-26-24-22-20-18-16-14-12-10-8-6-4-2/h11,13,17,19,23,25,29,31,46-47,52H,3-10,12,14-16,18,20-22,24,26-28,30,32-45H2,1-2H3,(H,51,53)(H,55,56)(H,57,58)/b13-11-,19-17-,25-23-,31-29-. The first-order valence-corrected chi connectivity index (χ1v) is 26.2. The Morgan fingerprint density at radius 1 is 0.516 bits per heavy atom. The van der Waals surface area contributed by atoms with Crippen LogP contribution in [0, 0.1) is 0 Å². The number of phosphoric ester groups is 1. The Morgan fingerprint density at radius 3 is 1.35 bits per heavy atom. The van der Waals surface area contributed by atoms with Gasteiger partial charge >= 0.3 is 19.8 Å². The lowest BCUT2D eigenvalue weighted by atomic mass is 10.0. The van der Waals surface area contributed by atoms with E-state index in [1.54, 1.807) is 0 Å². The van der Waals surface area contributed by atoms with Crippen molar-refractivity contribution in [3.05, 3.63) is 48.6 Å². The van der Waals surface area contributed by atoms with Crippen LogP contribution in [0.15, 0.2) is 48.6 Å². The van der Waals surface area contributed by atoms with Gasteiger partial charge in [0.2, 0.25) is 5.91 Å². The number of hydrogen-bond acceptors (Lipinski definition) is 8. The quantitative estimate of drug-likeness (QED) is 0.0200. The number of ether oxygens (including phenoxy) is 1. The Labute approximate surface area is 377 Å². The minimum absolute atomic E-state index is 0.107. The van der Waals surface area contributed by atoms with E-state index in [2.05, 4.69) is 67.8 Å². The van der Waals surface area contributed by atoms with Crippen molar-refractivity contribution < 1.29 is 47.8 Å². The number of aliphatic hydroxyl groups excluding tert-OH is 1. The second kappa shape index (κ2) is 45.0. The highest BCUT2D eigenvalue weighted by Crippen LogP contribution is 2.43. The van der Waals surface area contributed by atoms with Gasteiger partial charge in [-0.25, -0.2) is 9.36 Å². The van der Waals surface area contributed by atoms with Gasteiger partial charge in [0.15, 0.2) is 6.04 Å². The van der Waals surface area contributed by atoms with E-state index >= 15 is 0 Å². The number of carbonyl (C=O) groups excluding carboxylic acids is 2. The van der Waals surface area contributed by atoms with Crippen molar-refractivity contribution in [2.24, 2.45) is 0 Å². The number of hydrogen-bond donors (Lipinski definition) is 4. The summed E-state index contributed by atoms with van der Waals surface area (Å²) >= 11 is 0. The zero-order valence-corrected chi connectivity index (χ0v) is 40.1. The highest BCUT2D eigenvalue weighted by molar-refractivity contribution is 7.47. The topological polar surface area (TPSA) is 169 Å². The molecule has 0 rings (SSSR count). The predicted octanol–water partition coefficient (Wildman–Crippen LogP) is 13.3. The lowest BCUT2D eigenvalue weighted by molar-refractivity contribution is -0.147. The van der Waals surface area contributed by atoms with Crippen LogP contribution < -0.4 is 5.32 Å². The Hall–Kier alpha value is -2.56. The number of carbonyl (C=O) groups is 3. The van der Waals surface area contributed by atoms with Crippen LogP contribution in [0.4, 0.5) is 0 Å². The summed E-state index contributed by atoms with van der Waals surface area (Å²) in [7, 11) is -4.77. The van der Waals surface area contributed by atoms with Crippen LogP contribution in [0.1, 0.15) is 219 Å². The second-order valence-corrected chi connectivity index (χ2v) is 18.1. The molecule has 360 valence electrons. The van der Waals surface area contributed by atoms with Crippen molar-refractivity contribution in [1.82, 2.24) is 5.32 Å². The van der Waals surface area contributed by atoms with Crippen molar-refractivity contribution in [3.63, 3.8) is 0 Å². The second-order valence-electron chi connectivity index (χ2n) is 16.7. The zero-order valence-electron chi connectivity index (χ0n) is 39.2. The first kappa shape index (κ1) is 59.4. The van der Waals surface area contributed by atoms with Crippen LogP contribution >= 0.6 is 7.82 Å². The monoisotopic (exact) mass is 896 g/mol. The predicted molar refractivity (Wildman–Crippen MR) is 254 cm³/mol. The molecule has 0 radical (unpaired) electrons. The van der Waals surface area contributed by atoms with Gasteiger partial charge in [-0.05, 0) is 57.8 Å². The molecule has 0 aromatic rings. The number of unbranched alkanes of at least 4 members (excludes halogenated alkanes) is 24. The van der Waals surface area contributed by atoms with Crippen LogP contribution in [0.25, 0.3) is 0 Å². The molecule has 0 aliphatic carbocycles. The fraction of sp³-hybridized carbons (Fsp3) is 0.780. The highest BCUT2D eigenvalue weighted by atomic mass is 31.2. The van der Waals surface area contributed by atoms with Gasteiger partial charge in [-0.15, -0.1) is 0 Å². The van der Waals surface area contributed by atoms with Crippen molar-refractivity contribution in [2.75, 3.05) is 19.8 Å². The number of amides is 1. The first-order chi connectivity index (χ1) is 30.1. The van der Waals surface area contributed by atoms with Gasteiger partial charge in [-0.2, -0.15) is 0 Å². The van der Waals surface area contributed by atoms with E-state index in [0.717, 1.165) is 57.8 Å². The number of aliphatic carboxylic acids is 1. The number of nitrogens with one attached hydrogen (secondary N) is 1. The zero-order chi connectivity index (χ0) is 45.6. The number of carboxylic acid groups (broad SMARTS) is 1. The fourth-order valence-electron chi connectivity index (χ4n) is 6.77. The minimum Gasteiger partial charge on any atom is -0.480 e. The minimum atomic E-state index is -4.77. The first-order valence-electron chi connectivity index (χ1n) is 24.7. The molecule has 3 unspecified atom stereocenters. The number of allylic oxidation sites excluding steroid dienone is 8. The number of esters is 1. The number of aliphatic hydroxyl groups is 1. The molecule has 0 aromatic heterocycles. The number of carboxylic acids is 1. The van der Waals surface area contributed by atoms with Crippen molar-refractivity contribution in [1.29, 1.82) is 0 Å². The van der Waals surface area contributed by atoms with Crippen LogP contribution in [0.2, 0.25) is 0 Å². The van der Waals surface area contributed by atoms with Crippen molar-refractivity contribution in [3.8, 4) is 0 Å². The molecule has 0 saturated carbocycles. The molecule has 3 atom stereocenters. The van der Waals surface area contributed by atoms with Gasteiger partial charge in [0.25, 0.3) is 0 Å². The molecule has 1 amide bonds. The molecule has 11 nitrogen and oxygen atoms in total. The van der Waals surface area contributed by atoms with Gasteiger partial charge in [0.05, 0.1) is 13.2 Å². The largest absolute Gasteiger partial charge is 0.480 e. The maximum Gasteiger partial charge on any atom is 0.472 e. The van der Waals surface area contributed by atoms with Crippen molar-refractivity contribution in [2.45, 2.75) is 231 Å². The molecule has 0 heterocycles. The number of rotatable bonds is 46. The third kappa shape index (κ3) is 44.1. The maximum atomic E-state index is 12.3. The summed E-state index contributed by atoms with van der Waals surface area (Å²) in [5, 5.41) is 21.9. The van der Waals surface area contributed by atoms with Crippen LogP contribution in [-0.4, -0.2) is 64.9 Å². The van der Waals surface area contributed by atoms with Gasteiger partial charge in [-0.3, -0.25) is 18.6 Å². The van der Waals surface area contributed by atoms with E-state index in [1.807, 2.05) is 0 Å². The molecule has 0 bridgehead atoms. The summed E-state index contributed by atoms with van der Waals surface area (Å²) in [5.41, 5.74) is 0. The normalized spacial score (nSPS) is 14.0. The summed E-state index contributed by atoms with van der Waals surface area (Å²) < 4.78 is 26.9. The maximum absolute atomic E-state index is 12.3. The van der Waals surface area contributed by atoms with Gasteiger partial charge in [0, 0.05) is 12.8 Å². The Morgan fingerprint density at radius 2 is 0.887 bits per heavy atom. The third-order valence-corrected chi connectivity index (χ3v) is 11.6. The Bertz CT molecular complexity index is 1240. The van der Waals surface area contributed by atoms with E-state index in [1.165, 1.54) is 122 Å². The molecule has 0 fully saturated rings. The molecule has 0 aliphatic rings. The van der Waals surface area contributed by atoms with E-state index in [0.29, 0.717) is 12.8 Å². The van der Waals surface area contributed by atoms with Gasteiger partial charge in [-0.1, -0.05) is 197 Å². The number of phosphoric acid groups is 1. The average Bonchev–Trinajstić information content (AvgIpc) is 3.25. The van der Waals surface area contributed by atoms with E-state index < -0.39 is 57.6 Å². The summed E-state index contributed by atoms with van der Waals surface area (Å²) in [4.78, 5) is 46.0. The van der Waals surface area contributed by atoms with Gasteiger partial charge < -0.3 is 25.2 Å². The van der Waals surface area contributed by atoms with Crippen LogP contribution in [0.5, 0.6) is 0 Å². The molecule has 0 aromatic carbocycles. The van der Waals surface area contributed by atoms with Crippen LogP contribution in [-0.2, 0) is 32.7 Å². The molecular weight excluding hydrogens is 806 g/mol. The van der Waals surface area contributed by atoms with Gasteiger partial charge in [0.1, 0.15) is 12.7 Å². The Balaban J connectivity index is 3.89. The molecule has 0 spiro atoms. The lowest BCUT2D eigenvalue weighted by Gasteiger charge is -2.18. The molecule has 0 saturated heterocycles. The molecule has 0 aliphatic heterocycles. The lowest BCUT2D eigenvalue weighted by Crippen LogP contribution is -2.43. The van der Waals surface area contributed by atoms with E-state index in [-0.39, 0.29) is 12.8 Å². The fourth-order valence-corrected chi connectivity index (χ4v) is 7.54. The summed E-state index contributed by atoms with van der Waals surface area (Å²) in [5.74, 6) is -2.41. The smallest absolute Gasteiger partial charge is 0.472 e. The summed E-state index contributed by atoms with van der Waals surface area (Å²) in [6.45, 7) is 2.57. The highest BCUT2D eigenvalue weighted by Gasteiger charge is 2.28. The summed E-state index contributed by atoms with van der Waals surface area (Å²) in [6, 6.07) is -1.56. The molecule has 62 heavy (non-hydrogen) atoms. The Kier molecular flexibility index (Phi) is 43.2. The third-order valence-electron chi connectivity index (χ3n) is 10.6. The summed E-state index contributed by atoms with van der Waals surface area (Å²) in [6.07, 6.45) is 51.3. The molecular formula is C50H90NO10P. The van der Waals surface area contributed by atoms with Crippen LogP contribution in [0.3, 0.4) is 0 Å². The SMILES string of the molecule is CCCCC/C=C\C/C=C\C/C=C\C/C=C\CCCCCC(=O)NC(COP(=O)(O)OCC(O)COC(=O)CCCCCCCCCCCCCCCCCCCCC)C(=O)O. The average molecular weight is 896 g/mol. The van der Waals surface area contributed by atoms with E-state index in [4.69, 9.17) is 13.8 Å². The van der Waals surface area contributed by atoms with E-state index in [9.17, 15) is 34.1 Å². The molecule has 12 heteroatoms. The molecule has 4 N–H and O–H groups in total.